The molecular formula is C25H32ClF2N3O4S. The van der Waals surface area contributed by atoms with Crippen molar-refractivity contribution in [3.8, 4) is 0 Å². The minimum absolute atomic E-state index is 0.0435. The average Bonchev–Trinajstić information content (AvgIpc) is 2.81. The number of anilines is 1. The molecule has 2 rings (SSSR count). The van der Waals surface area contributed by atoms with Crippen LogP contribution in [0.2, 0.25) is 5.02 Å². The van der Waals surface area contributed by atoms with Crippen molar-refractivity contribution < 1.29 is 26.8 Å². The van der Waals surface area contributed by atoms with Crippen molar-refractivity contribution in [2.45, 2.75) is 58.7 Å². The monoisotopic (exact) mass is 543 g/mol. The van der Waals surface area contributed by atoms with Gasteiger partial charge in [-0.1, -0.05) is 36.7 Å². The van der Waals surface area contributed by atoms with Crippen LogP contribution in [0.1, 0.15) is 45.6 Å². The summed E-state index contributed by atoms with van der Waals surface area (Å²) < 4.78 is 52.5. The lowest BCUT2D eigenvalue weighted by Gasteiger charge is -2.30. The van der Waals surface area contributed by atoms with Gasteiger partial charge in [-0.25, -0.2) is 17.2 Å². The van der Waals surface area contributed by atoms with Gasteiger partial charge in [0.25, 0.3) is 0 Å². The molecule has 1 N–H and O–H groups in total. The highest BCUT2D eigenvalue weighted by Gasteiger charge is 2.28. The number of rotatable bonds is 12. The second kappa shape index (κ2) is 13.0. The van der Waals surface area contributed by atoms with E-state index in [1.807, 2.05) is 13.8 Å². The van der Waals surface area contributed by atoms with Crippen molar-refractivity contribution in [1.29, 1.82) is 0 Å². The Kier molecular flexibility index (Phi) is 10.7. The highest BCUT2D eigenvalue weighted by molar-refractivity contribution is 7.92. The van der Waals surface area contributed by atoms with Crippen molar-refractivity contribution in [1.82, 2.24) is 10.2 Å². The SMILES string of the molecule is CCC(C)NC(=O)C(C)N(Cc1ccccc1Cl)C(=O)CCCN(c1ccc(F)c(F)c1)S(C)(=O)=O. The molecule has 0 bridgehead atoms. The minimum Gasteiger partial charge on any atom is -0.352 e. The number of benzene rings is 2. The Morgan fingerprint density at radius 1 is 1.08 bits per heavy atom. The van der Waals surface area contributed by atoms with Gasteiger partial charge in [-0.05, 0) is 50.5 Å². The van der Waals surface area contributed by atoms with Gasteiger partial charge in [0.2, 0.25) is 21.8 Å². The third-order valence-electron chi connectivity index (χ3n) is 5.81. The molecule has 2 amide bonds. The molecule has 2 aromatic carbocycles. The van der Waals surface area contributed by atoms with Gasteiger partial charge < -0.3 is 10.2 Å². The molecule has 0 aliphatic heterocycles. The maximum atomic E-state index is 13.7. The van der Waals surface area contributed by atoms with Crippen LogP contribution in [0, 0.1) is 11.6 Å². The standard InChI is InChI=1S/C25H32ClF2N3O4S/c1-5-17(2)29-25(33)18(3)30(16-19-9-6-7-10-21(19)26)24(32)11-8-14-31(36(4,34)35)20-12-13-22(27)23(28)15-20/h6-7,9-10,12-13,15,17-18H,5,8,11,14,16H2,1-4H3,(H,29,33). The van der Waals surface area contributed by atoms with Crippen molar-refractivity contribution in [3.63, 3.8) is 0 Å². The fourth-order valence-electron chi connectivity index (χ4n) is 3.50. The highest BCUT2D eigenvalue weighted by Crippen LogP contribution is 2.22. The van der Waals surface area contributed by atoms with E-state index >= 15 is 0 Å². The van der Waals surface area contributed by atoms with Crippen LogP contribution in [0.5, 0.6) is 0 Å². The number of halogens is 3. The number of carbonyl (C=O) groups is 2. The maximum absolute atomic E-state index is 13.7. The van der Waals surface area contributed by atoms with Crippen LogP contribution in [0.15, 0.2) is 42.5 Å². The molecule has 0 aliphatic rings. The van der Waals surface area contributed by atoms with Crippen LogP contribution < -0.4 is 9.62 Å². The first-order valence-corrected chi connectivity index (χ1v) is 13.8. The quantitative estimate of drug-likeness (QED) is 0.427. The Balaban J connectivity index is 2.20. The summed E-state index contributed by atoms with van der Waals surface area (Å²) in [5, 5.41) is 3.32. The summed E-state index contributed by atoms with van der Waals surface area (Å²) in [5.41, 5.74) is 0.619. The van der Waals surface area contributed by atoms with E-state index in [9.17, 15) is 26.8 Å². The van der Waals surface area contributed by atoms with E-state index in [4.69, 9.17) is 11.6 Å². The van der Waals surface area contributed by atoms with Gasteiger partial charge in [-0.3, -0.25) is 13.9 Å². The lowest BCUT2D eigenvalue weighted by molar-refractivity contribution is -0.140. The van der Waals surface area contributed by atoms with E-state index in [1.54, 1.807) is 31.2 Å². The van der Waals surface area contributed by atoms with E-state index < -0.39 is 27.7 Å². The Hall–Kier alpha value is -2.72. The molecule has 198 valence electrons. The van der Waals surface area contributed by atoms with E-state index in [1.165, 1.54) is 4.90 Å². The summed E-state index contributed by atoms with van der Waals surface area (Å²) in [5.74, 6) is -2.96. The van der Waals surface area contributed by atoms with E-state index in [0.717, 1.165) is 35.2 Å². The number of nitrogens with zero attached hydrogens (tertiary/aromatic N) is 2. The fraction of sp³-hybridized carbons (Fsp3) is 0.440. The normalized spacial score (nSPS) is 13.1. The summed E-state index contributed by atoms with van der Waals surface area (Å²) in [4.78, 5) is 27.5. The zero-order valence-electron chi connectivity index (χ0n) is 20.8. The molecule has 36 heavy (non-hydrogen) atoms. The number of hydrogen-bond acceptors (Lipinski definition) is 4. The van der Waals surface area contributed by atoms with Crippen LogP contribution in [-0.4, -0.2) is 50.0 Å². The minimum atomic E-state index is -3.83. The van der Waals surface area contributed by atoms with Crippen molar-refractivity contribution in [2.75, 3.05) is 17.1 Å². The first-order chi connectivity index (χ1) is 16.8. The Labute approximate surface area is 216 Å². The van der Waals surface area contributed by atoms with Crippen LogP contribution in [0.25, 0.3) is 0 Å². The largest absolute Gasteiger partial charge is 0.352 e. The second-order valence-electron chi connectivity index (χ2n) is 8.64. The van der Waals surface area contributed by atoms with Gasteiger partial charge >= 0.3 is 0 Å². The van der Waals surface area contributed by atoms with Crippen molar-refractivity contribution in [2.24, 2.45) is 0 Å². The van der Waals surface area contributed by atoms with Crippen LogP contribution >= 0.6 is 11.6 Å². The molecule has 0 saturated heterocycles. The zero-order valence-corrected chi connectivity index (χ0v) is 22.4. The molecule has 2 atom stereocenters. The molecule has 7 nitrogen and oxygen atoms in total. The molecule has 0 aliphatic carbocycles. The summed E-state index contributed by atoms with van der Waals surface area (Å²) >= 11 is 6.28. The molecule has 2 unspecified atom stereocenters. The fourth-order valence-corrected chi connectivity index (χ4v) is 4.66. The van der Waals surface area contributed by atoms with Crippen LogP contribution in [0.3, 0.4) is 0 Å². The third kappa shape index (κ3) is 8.16. The predicted molar refractivity (Wildman–Crippen MR) is 137 cm³/mol. The molecule has 0 spiro atoms. The van der Waals surface area contributed by atoms with Gasteiger partial charge in [0, 0.05) is 36.6 Å². The molecular weight excluding hydrogens is 512 g/mol. The lowest BCUT2D eigenvalue weighted by atomic mass is 10.1. The van der Waals surface area contributed by atoms with E-state index in [-0.39, 0.29) is 49.5 Å². The summed E-state index contributed by atoms with van der Waals surface area (Å²) in [6.45, 7) is 5.37. The smallest absolute Gasteiger partial charge is 0.242 e. The Morgan fingerprint density at radius 3 is 2.33 bits per heavy atom. The topological polar surface area (TPSA) is 86.8 Å². The van der Waals surface area contributed by atoms with E-state index in [0.29, 0.717) is 10.6 Å². The maximum Gasteiger partial charge on any atom is 0.242 e. The first kappa shape index (κ1) is 29.5. The molecule has 0 heterocycles. The van der Waals surface area contributed by atoms with Gasteiger partial charge in [-0.2, -0.15) is 0 Å². The average molecular weight is 544 g/mol. The lowest BCUT2D eigenvalue weighted by Crippen LogP contribution is -2.49. The number of amides is 2. The van der Waals surface area contributed by atoms with Crippen molar-refractivity contribution >= 4 is 39.1 Å². The Morgan fingerprint density at radius 2 is 1.75 bits per heavy atom. The van der Waals surface area contributed by atoms with Crippen molar-refractivity contribution in [3.05, 3.63) is 64.7 Å². The van der Waals surface area contributed by atoms with Gasteiger partial charge in [0.15, 0.2) is 11.6 Å². The van der Waals surface area contributed by atoms with Gasteiger partial charge in [0.1, 0.15) is 6.04 Å². The van der Waals surface area contributed by atoms with E-state index in [2.05, 4.69) is 5.32 Å². The van der Waals surface area contributed by atoms with Crippen LogP contribution in [-0.2, 0) is 26.2 Å². The number of nitrogens with one attached hydrogen (secondary N) is 1. The molecule has 0 saturated carbocycles. The zero-order chi connectivity index (χ0) is 27.0. The number of sulfonamides is 1. The second-order valence-corrected chi connectivity index (χ2v) is 11.0. The molecule has 0 radical (unpaired) electrons. The molecule has 0 fully saturated rings. The molecule has 0 aromatic heterocycles. The predicted octanol–water partition coefficient (Wildman–Crippen LogP) is 4.50. The molecule has 11 heteroatoms. The molecule has 2 aromatic rings. The van der Waals surface area contributed by atoms with Gasteiger partial charge in [-0.15, -0.1) is 0 Å². The summed E-state index contributed by atoms with van der Waals surface area (Å²) in [6, 6.07) is 8.91. The van der Waals surface area contributed by atoms with Crippen LogP contribution in [0.4, 0.5) is 14.5 Å². The summed E-state index contributed by atoms with van der Waals surface area (Å²) in [7, 11) is -3.83. The van der Waals surface area contributed by atoms with Gasteiger partial charge in [0.05, 0.1) is 11.9 Å². The summed E-state index contributed by atoms with van der Waals surface area (Å²) in [6.07, 6.45) is 1.67. The highest BCUT2D eigenvalue weighted by atomic mass is 35.5. The Bertz CT molecular complexity index is 1180. The third-order valence-corrected chi connectivity index (χ3v) is 7.37. The number of carbonyl (C=O) groups excluding carboxylic acids is 2. The first-order valence-electron chi connectivity index (χ1n) is 11.6. The number of hydrogen-bond donors (Lipinski definition) is 1.